The van der Waals surface area contributed by atoms with E-state index in [1.54, 1.807) is 61.1 Å². The lowest BCUT2D eigenvalue weighted by molar-refractivity contribution is -0.135. The highest BCUT2D eigenvalue weighted by Crippen LogP contribution is 2.34. The van der Waals surface area contributed by atoms with Crippen LogP contribution in [0.4, 0.5) is 0 Å². The molecule has 0 spiro atoms. The summed E-state index contributed by atoms with van der Waals surface area (Å²) in [5.74, 6) is 2.10. The van der Waals surface area contributed by atoms with E-state index in [0.717, 1.165) is 17.7 Å². The number of fused-ring (bicyclic) bond motifs is 1. The van der Waals surface area contributed by atoms with E-state index in [9.17, 15) is 9.59 Å². The van der Waals surface area contributed by atoms with Gasteiger partial charge >= 0.3 is 0 Å². The molecule has 2 aromatic carbocycles. The predicted molar refractivity (Wildman–Crippen MR) is 155 cm³/mol. The van der Waals surface area contributed by atoms with E-state index >= 15 is 0 Å². The van der Waals surface area contributed by atoms with Crippen LogP contribution in [0.1, 0.15) is 57.9 Å². The van der Waals surface area contributed by atoms with Crippen molar-refractivity contribution >= 4 is 23.2 Å². The molecule has 2 aromatic heterocycles. The monoisotopic (exact) mass is 558 g/mol. The van der Waals surface area contributed by atoms with Crippen molar-refractivity contribution in [1.29, 1.82) is 0 Å². The molecule has 0 N–H and O–H groups in total. The Hall–Kier alpha value is -4.04. The van der Waals surface area contributed by atoms with Gasteiger partial charge in [0.2, 0.25) is 5.91 Å². The molecule has 1 unspecified atom stereocenters. The highest BCUT2D eigenvalue weighted by molar-refractivity contribution is 7.10. The van der Waals surface area contributed by atoms with Crippen molar-refractivity contribution in [3.8, 4) is 11.5 Å². The SMILES string of the molecule is COc1ccc(C(=O)N(CC(=O)N2CCc3sccc3C2COc2ccc(C(C)C)cc2)Cc2ccco2)cc1. The van der Waals surface area contributed by atoms with Gasteiger partial charge in [-0.3, -0.25) is 9.59 Å². The van der Waals surface area contributed by atoms with E-state index in [1.807, 2.05) is 17.0 Å². The first-order valence-corrected chi connectivity index (χ1v) is 14.3. The molecular weight excluding hydrogens is 524 g/mol. The van der Waals surface area contributed by atoms with Crippen LogP contribution in [-0.4, -0.2) is 48.4 Å². The van der Waals surface area contributed by atoms with E-state index in [1.165, 1.54) is 15.3 Å². The first-order chi connectivity index (χ1) is 19.4. The second kappa shape index (κ2) is 12.4. The number of rotatable bonds is 10. The van der Waals surface area contributed by atoms with Crippen LogP contribution in [0.15, 0.2) is 82.8 Å². The topological polar surface area (TPSA) is 72.2 Å². The Morgan fingerprint density at radius 1 is 1.05 bits per heavy atom. The highest BCUT2D eigenvalue weighted by atomic mass is 32.1. The fourth-order valence-corrected chi connectivity index (χ4v) is 5.89. The highest BCUT2D eigenvalue weighted by Gasteiger charge is 2.34. The summed E-state index contributed by atoms with van der Waals surface area (Å²) in [6, 6.07) is 20.4. The summed E-state index contributed by atoms with van der Waals surface area (Å²) in [5.41, 5.74) is 2.84. The summed E-state index contributed by atoms with van der Waals surface area (Å²) >= 11 is 1.71. The zero-order valence-electron chi connectivity index (χ0n) is 23.0. The zero-order chi connectivity index (χ0) is 28.1. The largest absolute Gasteiger partial charge is 0.497 e. The number of carbonyl (C=O) groups is 2. The molecule has 5 rings (SSSR count). The number of furan rings is 1. The van der Waals surface area contributed by atoms with Crippen LogP contribution >= 0.6 is 11.3 Å². The molecule has 40 heavy (non-hydrogen) atoms. The van der Waals surface area contributed by atoms with Crippen LogP contribution in [0.2, 0.25) is 0 Å². The number of methoxy groups -OCH3 is 1. The van der Waals surface area contributed by atoms with Crippen LogP contribution in [0.3, 0.4) is 0 Å². The van der Waals surface area contributed by atoms with Gasteiger partial charge in [0.15, 0.2) is 0 Å². The maximum Gasteiger partial charge on any atom is 0.254 e. The minimum absolute atomic E-state index is 0.0788. The van der Waals surface area contributed by atoms with Crippen molar-refractivity contribution in [2.24, 2.45) is 0 Å². The van der Waals surface area contributed by atoms with Crippen molar-refractivity contribution in [2.45, 2.75) is 38.8 Å². The maximum atomic E-state index is 13.9. The molecule has 1 atom stereocenters. The quantitative estimate of drug-likeness (QED) is 0.228. The van der Waals surface area contributed by atoms with Gasteiger partial charge in [0.25, 0.3) is 5.91 Å². The summed E-state index contributed by atoms with van der Waals surface area (Å²) in [5, 5.41) is 2.07. The van der Waals surface area contributed by atoms with Gasteiger partial charge in [-0.25, -0.2) is 0 Å². The molecule has 208 valence electrons. The van der Waals surface area contributed by atoms with Gasteiger partial charge < -0.3 is 23.7 Å². The number of benzene rings is 2. The van der Waals surface area contributed by atoms with Crippen LogP contribution in [0.25, 0.3) is 0 Å². The standard InChI is InChI=1S/C32H34N2O5S/c1-22(2)23-6-12-26(13-7-23)39-21-29-28-15-18-40-30(28)14-16-34(29)31(35)20-33(19-27-5-4-17-38-27)32(36)24-8-10-25(37-3)11-9-24/h4-13,15,17-18,22,29H,14,16,19-21H2,1-3H3. The van der Waals surface area contributed by atoms with Gasteiger partial charge in [-0.2, -0.15) is 0 Å². The number of ether oxygens (including phenoxy) is 2. The number of hydrogen-bond donors (Lipinski definition) is 0. The van der Waals surface area contributed by atoms with Gasteiger partial charge in [-0.05, 0) is 83.4 Å². The third kappa shape index (κ3) is 6.23. The molecular formula is C32H34N2O5S. The molecule has 0 saturated carbocycles. The number of carbonyl (C=O) groups excluding carboxylic acids is 2. The molecule has 3 heterocycles. The summed E-state index contributed by atoms with van der Waals surface area (Å²) < 4.78 is 17.0. The number of amides is 2. The molecule has 0 radical (unpaired) electrons. The summed E-state index contributed by atoms with van der Waals surface area (Å²) in [4.78, 5) is 32.1. The second-order valence-electron chi connectivity index (χ2n) is 10.2. The Kier molecular flexibility index (Phi) is 8.55. The smallest absolute Gasteiger partial charge is 0.254 e. The minimum atomic E-state index is -0.251. The average molecular weight is 559 g/mol. The minimum Gasteiger partial charge on any atom is -0.497 e. The molecule has 0 saturated heterocycles. The van der Waals surface area contributed by atoms with Crippen LogP contribution in [0.5, 0.6) is 11.5 Å². The van der Waals surface area contributed by atoms with E-state index in [4.69, 9.17) is 13.9 Å². The Labute approximate surface area is 238 Å². The molecule has 1 aliphatic rings. The Balaban J connectivity index is 1.35. The summed E-state index contributed by atoms with van der Waals surface area (Å²) in [6.07, 6.45) is 2.35. The molecule has 0 fully saturated rings. The first kappa shape index (κ1) is 27.5. The fourth-order valence-electron chi connectivity index (χ4n) is 4.96. The molecule has 0 bridgehead atoms. The second-order valence-corrected chi connectivity index (χ2v) is 11.2. The normalized spacial score (nSPS) is 14.6. The van der Waals surface area contributed by atoms with Gasteiger partial charge in [-0.15, -0.1) is 11.3 Å². The number of nitrogens with zero attached hydrogens (tertiary/aromatic N) is 2. The lowest BCUT2D eigenvalue weighted by Gasteiger charge is -2.37. The molecule has 8 heteroatoms. The third-order valence-electron chi connectivity index (χ3n) is 7.25. The zero-order valence-corrected chi connectivity index (χ0v) is 23.9. The predicted octanol–water partition coefficient (Wildman–Crippen LogP) is 6.32. The Bertz CT molecular complexity index is 1410. The van der Waals surface area contributed by atoms with E-state index < -0.39 is 0 Å². The third-order valence-corrected chi connectivity index (χ3v) is 8.24. The van der Waals surface area contributed by atoms with Crippen molar-refractivity contribution in [2.75, 3.05) is 26.8 Å². The molecule has 1 aliphatic heterocycles. The van der Waals surface area contributed by atoms with Crippen molar-refractivity contribution in [3.63, 3.8) is 0 Å². The Morgan fingerprint density at radius 3 is 2.48 bits per heavy atom. The van der Waals surface area contributed by atoms with Crippen LogP contribution in [-0.2, 0) is 17.8 Å². The van der Waals surface area contributed by atoms with Gasteiger partial charge in [0.05, 0.1) is 26.0 Å². The summed E-state index contributed by atoms with van der Waals surface area (Å²) in [6.45, 7) is 5.33. The first-order valence-electron chi connectivity index (χ1n) is 13.5. The van der Waals surface area contributed by atoms with E-state index in [-0.39, 0.29) is 30.9 Å². The Morgan fingerprint density at radius 2 is 1.80 bits per heavy atom. The summed E-state index contributed by atoms with van der Waals surface area (Å²) in [7, 11) is 1.58. The lowest BCUT2D eigenvalue weighted by Crippen LogP contribution is -2.47. The fraction of sp³-hybridized carbons (Fsp3) is 0.312. The average Bonchev–Trinajstić information content (AvgIpc) is 3.68. The van der Waals surface area contributed by atoms with Gasteiger partial charge in [-0.1, -0.05) is 26.0 Å². The van der Waals surface area contributed by atoms with Crippen molar-refractivity contribution in [1.82, 2.24) is 9.80 Å². The molecule has 0 aliphatic carbocycles. The van der Waals surface area contributed by atoms with Crippen molar-refractivity contribution in [3.05, 3.63) is 106 Å². The molecule has 7 nitrogen and oxygen atoms in total. The lowest BCUT2D eigenvalue weighted by atomic mass is 10.00. The maximum absolute atomic E-state index is 13.9. The van der Waals surface area contributed by atoms with Gasteiger partial charge in [0.1, 0.15) is 30.4 Å². The van der Waals surface area contributed by atoms with Crippen LogP contribution < -0.4 is 9.47 Å². The molecule has 4 aromatic rings. The van der Waals surface area contributed by atoms with E-state index in [0.29, 0.717) is 36.1 Å². The van der Waals surface area contributed by atoms with Crippen molar-refractivity contribution < 1.29 is 23.5 Å². The van der Waals surface area contributed by atoms with Gasteiger partial charge in [0, 0.05) is 17.0 Å². The van der Waals surface area contributed by atoms with Crippen LogP contribution in [0, 0.1) is 0 Å². The van der Waals surface area contributed by atoms with E-state index in [2.05, 4.69) is 37.4 Å². The number of thiophene rings is 1. The molecule has 2 amide bonds. The number of hydrogen-bond acceptors (Lipinski definition) is 6.